The molecule has 1 aromatic rings. The summed E-state index contributed by atoms with van der Waals surface area (Å²) >= 11 is 5.61. The van der Waals surface area contributed by atoms with E-state index in [1.807, 2.05) is 25.7 Å². The number of aryl methyl sites for hydroxylation is 1. The molecule has 1 fully saturated rings. The van der Waals surface area contributed by atoms with Gasteiger partial charge in [0.1, 0.15) is 5.82 Å². The van der Waals surface area contributed by atoms with Crippen LogP contribution in [0.3, 0.4) is 0 Å². The van der Waals surface area contributed by atoms with Gasteiger partial charge >= 0.3 is 0 Å². The number of thioether (sulfide) groups is 1. The van der Waals surface area contributed by atoms with Crippen LogP contribution in [0.25, 0.3) is 0 Å². The second-order valence-electron chi connectivity index (χ2n) is 5.43. The summed E-state index contributed by atoms with van der Waals surface area (Å²) < 4.78 is 2.09. The summed E-state index contributed by atoms with van der Waals surface area (Å²) in [5.74, 6) is 2.15. The first kappa shape index (κ1) is 14.4. The van der Waals surface area contributed by atoms with Gasteiger partial charge in [0.15, 0.2) is 5.16 Å². The molecule has 0 amide bonds. The highest BCUT2D eigenvalue weighted by Gasteiger charge is 2.30. The summed E-state index contributed by atoms with van der Waals surface area (Å²) in [6, 6.07) is 0. The Bertz CT molecular complexity index is 384. The zero-order valence-corrected chi connectivity index (χ0v) is 13.7. The van der Waals surface area contributed by atoms with Crippen molar-refractivity contribution in [3.8, 4) is 0 Å². The van der Waals surface area contributed by atoms with Gasteiger partial charge in [0, 0.05) is 18.1 Å². The molecular formula is C13H22BrN3S. The average Bonchev–Trinajstić information content (AvgIpc) is 2.61. The van der Waals surface area contributed by atoms with Crippen molar-refractivity contribution in [1.82, 2.24) is 14.8 Å². The highest BCUT2D eigenvalue weighted by molar-refractivity contribution is 9.09. The first-order valence-electron chi connectivity index (χ1n) is 6.72. The van der Waals surface area contributed by atoms with Gasteiger partial charge in [-0.3, -0.25) is 0 Å². The molecular weight excluding hydrogens is 310 g/mol. The lowest BCUT2D eigenvalue weighted by Crippen LogP contribution is -2.25. The molecule has 1 aliphatic carbocycles. The molecule has 0 N–H and O–H groups in total. The third-order valence-electron chi connectivity index (χ3n) is 4.01. The van der Waals surface area contributed by atoms with E-state index in [1.54, 1.807) is 0 Å². The molecule has 0 saturated heterocycles. The lowest BCUT2D eigenvalue weighted by molar-refractivity contribution is 0.334. The van der Waals surface area contributed by atoms with Gasteiger partial charge in [-0.05, 0) is 25.2 Å². The number of hydrogen-bond acceptors (Lipinski definition) is 3. The second kappa shape index (κ2) is 6.42. The number of aromatic nitrogens is 3. The van der Waals surface area contributed by atoms with Crippen molar-refractivity contribution in [2.24, 2.45) is 12.5 Å². The number of hydrogen-bond donors (Lipinski definition) is 0. The fraction of sp³-hybridized carbons (Fsp3) is 0.846. The van der Waals surface area contributed by atoms with Crippen LogP contribution in [-0.2, 0) is 7.05 Å². The molecule has 0 radical (unpaired) electrons. The first-order chi connectivity index (χ1) is 8.67. The largest absolute Gasteiger partial charge is 0.309 e. The summed E-state index contributed by atoms with van der Waals surface area (Å²) in [4.78, 5) is 0. The van der Waals surface area contributed by atoms with Crippen LogP contribution in [0.2, 0.25) is 0 Å². The Balaban J connectivity index is 1.99. The van der Waals surface area contributed by atoms with E-state index in [0.29, 0.717) is 5.41 Å². The van der Waals surface area contributed by atoms with Gasteiger partial charge in [-0.2, -0.15) is 0 Å². The van der Waals surface area contributed by atoms with Gasteiger partial charge in [0.25, 0.3) is 0 Å². The fourth-order valence-corrected chi connectivity index (χ4v) is 4.80. The molecule has 0 bridgehead atoms. The molecule has 102 valence electrons. The Labute approximate surface area is 122 Å². The van der Waals surface area contributed by atoms with E-state index >= 15 is 0 Å². The van der Waals surface area contributed by atoms with E-state index < -0.39 is 0 Å². The Hall–Kier alpha value is -0.0300. The molecule has 0 atom stereocenters. The second-order valence-corrected chi connectivity index (χ2v) is 6.93. The van der Waals surface area contributed by atoms with Gasteiger partial charge in [-0.15, -0.1) is 10.2 Å². The maximum atomic E-state index is 4.25. The molecule has 1 aliphatic rings. The molecule has 18 heavy (non-hydrogen) atoms. The van der Waals surface area contributed by atoms with Crippen molar-refractivity contribution in [3.63, 3.8) is 0 Å². The normalized spacial score (nSPS) is 19.7. The predicted octanol–water partition coefficient (Wildman–Crippen LogP) is 3.95. The standard InChI is InChI=1S/C13H22BrN3S/c1-11-15-16-12(17(11)2)18-10-13(9-14)7-5-3-4-6-8-13/h3-10H2,1-2H3. The van der Waals surface area contributed by atoms with Crippen LogP contribution < -0.4 is 0 Å². The van der Waals surface area contributed by atoms with Crippen molar-refractivity contribution in [2.45, 2.75) is 50.6 Å². The van der Waals surface area contributed by atoms with Crippen LogP contribution in [0.1, 0.15) is 44.3 Å². The van der Waals surface area contributed by atoms with Gasteiger partial charge < -0.3 is 4.57 Å². The predicted molar refractivity (Wildman–Crippen MR) is 80.4 cm³/mol. The van der Waals surface area contributed by atoms with Crippen LogP contribution in [0.15, 0.2) is 5.16 Å². The van der Waals surface area contributed by atoms with Crippen molar-refractivity contribution < 1.29 is 0 Å². The minimum absolute atomic E-state index is 0.459. The Morgan fingerprint density at radius 3 is 2.39 bits per heavy atom. The molecule has 1 saturated carbocycles. The van der Waals surface area contributed by atoms with Crippen molar-refractivity contribution in [1.29, 1.82) is 0 Å². The maximum Gasteiger partial charge on any atom is 0.190 e. The van der Waals surface area contributed by atoms with Crippen molar-refractivity contribution in [2.75, 3.05) is 11.1 Å². The third kappa shape index (κ3) is 3.29. The lowest BCUT2D eigenvalue weighted by atomic mass is 9.85. The summed E-state index contributed by atoms with van der Waals surface area (Å²) in [6.45, 7) is 2.00. The van der Waals surface area contributed by atoms with E-state index in [1.165, 1.54) is 38.5 Å². The molecule has 0 spiro atoms. The summed E-state index contributed by atoms with van der Waals surface area (Å²) in [5.41, 5.74) is 0.459. The fourth-order valence-electron chi connectivity index (χ4n) is 2.53. The SMILES string of the molecule is Cc1nnc(SCC2(CBr)CCCCCC2)n1C. The van der Waals surface area contributed by atoms with Crippen LogP contribution in [0.4, 0.5) is 0 Å². The number of rotatable bonds is 4. The summed E-state index contributed by atoms with van der Waals surface area (Å²) in [6.07, 6.45) is 8.27. The number of halogens is 1. The molecule has 3 nitrogen and oxygen atoms in total. The monoisotopic (exact) mass is 331 g/mol. The smallest absolute Gasteiger partial charge is 0.190 e. The Morgan fingerprint density at radius 1 is 1.22 bits per heavy atom. The zero-order chi connectivity index (χ0) is 13.0. The van der Waals surface area contributed by atoms with Crippen LogP contribution in [0.5, 0.6) is 0 Å². The van der Waals surface area contributed by atoms with E-state index in [4.69, 9.17) is 0 Å². The average molecular weight is 332 g/mol. The molecule has 1 aromatic heterocycles. The topological polar surface area (TPSA) is 30.7 Å². The van der Waals surface area contributed by atoms with E-state index in [0.717, 1.165) is 22.1 Å². The summed E-state index contributed by atoms with van der Waals surface area (Å²) in [7, 11) is 2.05. The number of nitrogens with zero attached hydrogens (tertiary/aromatic N) is 3. The zero-order valence-electron chi connectivity index (χ0n) is 11.3. The van der Waals surface area contributed by atoms with E-state index in [2.05, 4.69) is 30.7 Å². The molecule has 2 rings (SSSR count). The van der Waals surface area contributed by atoms with Crippen LogP contribution in [-0.4, -0.2) is 25.8 Å². The van der Waals surface area contributed by atoms with Crippen molar-refractivity contribution in [3.05, 3.63) is 5.82 Å². The highest BCUT2D eigenvalue weighted by atomic mass is 79.9. The third-order valence-corrected chi connectivity index (χ3v) is 6.57. The first-order valence-corrected chi connectivity index (χ1v) is 8.82. The Morgan fingerprint density at radius 2 is 1.89 bits per heavy atom. The molecule has 1 heterocycles. The van der Waals surface area contributed by atoms with Gasteiger partial charge in [-0.1, -0.05) is 53.4 Å². The minimum Gasteiger partial charge on any atom is -0.309 e. The summed E-state index contributed by atoms with van der Waals surface area (Å²) in [5, 5.41) is 10.5. The van der Waals surface area contributed by atoms with Crippen molar-refractivity contribution >= 4 is 27.7 Å². The molecule has 0 unspecified atom stereocenters. The van der Waals surface area contributed by atoms with E-state index in [-0.39, 0.29) is 0 Å². The lowest BCUT2D eigenvalue weighted by Gasteiger charge is -2.30. The molecule has 0 aliphatic heterocycles. The van der Waals surface area contributed by atoms with Gasteiger partial charge in [0.2, 0.25) is 0 Å². The van der Waals surface area contributed by atoms with Crippen LogP contribution in [0, 0.1) is 12.3 Å². The molecule has 0 aromatic carbocycles. The van der Waals surface area contributed by atoms with Crippen LogP contribution >= 0.6 is 27.7 Å². The minimum atomic E-state index is 0.459. The van der Waals surface area contributed by atoms with Gasteiger partial charge in [-0.25, -0.2) is 0 Å². The molecule has 5 heteroatoms. The van der Waals surface area contributed by atoms with E-state index in [9.17, 15) is 0 Å². The quantitative estimate of drug-likeness (QED) is 0.475. The number of alkyl halides is 1. The Kier molecular flexibility index (Phi) is 5.13. The maximum absolute atomic E-state index is 4.25. The van der Waals surface area contributed by atoms with Gasteiger partial charge in [0.05, 0.1) is 0 Å². The highest BCUT2D eigenvalue weighted by Crippen LogP contribution is 2.40.